The van der Waals surface area contributed by atoms with Crippen molar-refractivity contribution in [3.8, 4) is 0 Å². The van der Waals surface area contributed by atoms with Crippen molar-refractivity contribution < 1.29 is 0 Å². The van der Waals surface area contributed by atoms with Gasteiger partial charge in [0.25, 0.3) is 0 Å². The Morgan fingerprint density at radius 1 is 1.36 bits per heavy atom. The molecule has 0 heterocycles. The summed E-state index contributed by atoms with van der Waals surface area (Å²) in [6, 6.07) is 0. The average Bonchev–Trinajstić information content (AvgIpc) is 2.03. The van der Waals surface area contributed by atoms with Crippen molar-refractivity contribution in [3.63, 3.8) is 0 Å². The third-order valence-corrected chi connectivity index (χ3v) is 1.41. The minimum atomic E-state index is 0.551. The van der Waals surface area contributed by atoms with Gasteiger partial charge in [-0.2, -0.15) is 0 Å². The summed E-state index contributed by atoms with van der Waals surface area (Å²) in [6.07, 6.45) is 8.88. The van der Waals surface area contributed by atoms with Gasteiger partial charge in [0.1, 0.15) is 0 Å². The van der Waals surface area contributed by atoms with E-state index in [9.17, 15) is 4.91 Å². The number of hydrogen-bond acceptors (Lipinski definition) is 2. The number of nitrogens with one attached hydrogen (secondary N) is 1. The Bertz CT molecular complexity index is 113. The molecule has 0 rings (SSSR count). The highest BCUT2D eigenvalue weighted by atomic mass is 16.3. The van der Waals surface area contributed by atoms with Crippen molar-refractivity contribution in [2.24, 2.45) is 5.29 Å². The average molecular weight is 156 g/mol. The van der Waals surface area contributed by atoms with E-state index in [-0.39, 0.29) is 0 Å². The van der Waals surface area contributed by atoms with Crippen LogP contribution in [0.4, 0.5) is 0 Å². The van der Waals surface area contributed by atoms with Gasteiger partial charge in [-0.3, -0.25) is 5.43 Å². The molecule has 0 aliphatic rings. The molecule has 3 nitrogen and oxygen atoms in total. The van der Waals surface area contributed by atoms with Gasteiger partial charge in [0.05, 0.1) is 6.54 Å². The predicted molar refractivity (Wildman–Crippen MR) is 47.1 cm³/mol. The van der Waals surface area contributed by atoms with Gasteiger partial charge in [-0.05, 0) is 12.8 Å². The first-order chi connectivity index (χ1) is 5.41. The zero-order chi connectivity index (χ0) is 8.36. The van der Waals surface area contributed by atoms with Crippen LogP contribution in [0.3, 0.4) is 0 Å². The standard InChI is InChI=1S/C8H16N2O/c1-2-3-4-5-6-7-8-9-10-11/h6-7H,2-5,8H2,1H3,(H,9,11)/b7-6+. The Balaban J connectivity index is 2.97. The Kier molecular flexibility index (Phi) is 8.43. The van der Waals surface area contributed by atoms with E-state index in [0.29, 0.717) is 6.54 Å². The first-order valence-corrected chi connectivity index (χ1v) is 4.12. The molecule has 0 amide bonds. The van der Waals surface area contributed by atoms with Crippen molar-refractivity contribution in [1.29, 1.82) is 0 Å². The minimum Gasteiger partial charge on any atom is -0.270 e. The molecule has 3 heteroatoms. The van der Waals surface area contributed by atoms with Gasteiger partial charge >= 0.3 is 0 Å². The van der Waals surface area contributed by atoms with E-state index < -0.39 is 0 Å². The van der Waals surface area contributed by atoms with E-state index >= 15 is 0 Å². The highest BCUT2D eigenvalue weighted by Crippen LogP contribution is 1.98. The third kappa shape index (κ3) is 9.14. The molecule has 0 radical (unpaired) electrons. The Morgan fingerprint density at radius 2 is 2.18 bits per heavy atom. The molecule has 11 heavy (non-hydrogen) atoms. The first-order valence-electron chi connectivity index (χ1n) is 4.12. The number of allylic oxidation sites excluding steroid dienone is 1. The molecule has 0 aromatic carbocycles. The van der Waals surface area contributed by atoms with Gasteiger partial charge in [-0.15, -0.1) is 4.91 Å². The lowest BCUT2D eigenvalue weighted by molar-refractivity contribution is 0.726. The van der Waals surface area contributed by atoms with Crippen LogP contribution in [0.5, 0.6) is 0 Å². The molecule has 0 saturated heterocycles. The van der Waals surface area contributed by atoms with Crippen LogP contribution in [-0.2, 0) is 0 Å². The summed E-state index contributed by atoms with van der Waals surface area (Å²) in [6.45, 7) is 2.73. The fraction of sp³-hybridized carbons (Fsp3) is 0.750. The Labute approximate surface area is 67.8 Å². The van der Waals surface area contributed by atoms with Gasteiger partial charge in [0.2, 0.25) is 0 Å². The van der Waals surface area contributed by atoms with Crippen molar-refractivity contribution in [1.82, 2.24) is 5.43 Å². The molecule has 0 aliphatic carbocycles. The zero-order valence-corrected chi connectivity index (χ0v) is 7.05. The summed E-state index contributed by atoms with van der Waals surface area (Å²) in [5.74, 6) is 0. The summed E-state index contributed by atoms with van der Waals surface area (Å²) in [7, 11) is 0. The summed E-state index contributed by atoms with van der Waals surface area (Å²) in [5, 5.41) is 2.52. The highest BCUT2D eigenvalue weighted by molar-refractivity contribution is 4.82. The number of nitrogens with zero attached hydrogens (tertiary/aromatic N) is 1. The molecular formula is C8H16N2O. The van der Waals surface area contributed by atoms with Gasteiger partial charge in [0.15, 0.2) is 0 Å². The molecule has 0 aromatic heterocycles. The van der Waals surface area contributed by atoms with E-state index in [1.54, 1.807) is 0 Å². The molecule has 64 valence electrons. The molecule has 0 aliphatic heterocycles. The van der Waals surface area contributed by atoms with Gasteiger partial charge in [-0.25, -0.2) is 0 Å². The lowest BCUT2D eigenvalue weighted by Crippen LogP contribution is -2.01. The molecule has 1 N–H and O–H groups in total. The minimum absolute atomic E-state index is 0.551. The van der Waals surface area contributed by atoms with Crippen molar-refractivity contribution in [2.75, 3.05) is 6.54 Å². The number of rotatable bonds is 7. The molecular weight excluding hydrogens is 140 g/mol. The maximum absolute atomic E-state index is 9.55. The molecule has 0 bridgehead atoms. The lowest BCUT2D eigenvalue weighted by atomic mass is 10.2. The number of nitroso groups, excluding NO2 is 1. The smallest absolute Gasteiger partial charge is 0.0542 e. The van der Waals surface area contributed by atoms with E-state index in [4.69, 9.17) is 0 Å². The van der Waals surface area contributed by atoms with Crippen LogP contribution >= 0.6 is 0 Å². The summed E-state index contributed by atoms with van der Waals surface area (Å²) >= 11 is 0. The van der Waals surface area contributed by atoms with Crippen molar-refractivity contribution in [2.45, 2.75) is 32.6 Å². The maximum atomic E-state index is 9.55. The van der Waals surface area contributed by atoms with Crippen molar-refractivity contribution in [3.05, 3.63) is 17.1 Å². The lowest BCUT2D eigenvalue weighted by Gasteiger charge is -1.91. The van der Waals surface area contributed by atoms with Gasteiger partial charge < -0.3 is 0 Å². The van der Waals surface area contributed by atoms with Crippen LogP contribution in [0, 0.1) is 4.91 Å². The van der Waals surface area contributed by atoms with Crippen LogP contribution in [0.25, 0.3) is 0 Å². The van der Waals surface area contributed by atoms with Crippen molar-refractivity contribution >= 4 is 0 Å². The summed E-state index contributed by atoms with van der Waals surface area (Å²) in [5.41, 5.74) is 2.32. The first kappa shape index (κ1) is 10.1. The molecule has 0 fully saturated rings. The Hall–Kier alpha value is -0.860. The van der Waals surface area contributed by atoms with E-state index in [1.807, 2.05) is 6.08 Å². The molecule has 0 unspecified atom stereocenters. The van der Waals surface area contributed by atoms with Crippen LogP contribution < -0.4 is 5.43 Å². The maximum Gasteiger partial charge on any atom is 0.0542 e. The third-order valence-electron chi connectivity index (χ3n) is 1.41. The van der Waals surface area contributed by atoms with Crippen LogP contribution in [-0.4, -0.2) is 6.54 Å². The number of hydrogen-bond donors (Lipinski definition) is 1. The second-order valence-electron chi connectivity index (χ2n) is 2.42. The number of unbranched alkanes of at least 4 members (excludes halogenated alkanes) is 3. The fourth-order valence-electron chi connectivity index (χ4n) is 0.803. The van der Waals surface area contributed by atoms with E-state index in [1.165, 1.54) is 19.3 Å². The van der Waals surface area contributed by atoms with Gasteiger partial charge in [0, 0.05) is 5.29 Å². The van der Waals surface area contributed by atoms with Crippen LogP contribution in [0.2, 0.25) is 0 Å². The van der Waals surface area contributed by atoms with E-state index in [2.05, 4.69) is 23.7 Å². The second kappa shape index (κ2) is 9.14. The molecule has 0 saturated carbocycles. The largest absolute Gasteiger partial charge is 0.270 e. The normalized spacial score (nSPS) is 10.3. The Morgan fingerprint density at radius 3 is 2.82 bits per heavy atom. The predicted octanol–water partition coefficient (Wildman–Crippen LogP) is 2.39. The van der Waals surface area contributed by atoms with E-state index in [0.717, 1.165) is 6.42 Å². The quantitative estimate of drug-likeness (QED) is 0.266. The second-order valence-corrected chi connectivity index (χ2v) is 2.42. The summed E-state index contributed by atoms with van der Waals surface area (Å²) < 4.78 is 0. The monoisotopic (exact) mass is 156 g/mol. The van der Waals surface area contributed by atoms with Gasteiger partial charge in [-0.1, -0.05) is 31.9 Å². The highest BCUT2D eigenvalue weighted by Gasteiger charge is 1.80. The molecule has 0 atom stereocenters. The van der Waals surface area contributed by atoms with Crippen LogP contribution in [0.15, 0.2) is 17.4 Å². The fourth-order valence-corrected chi connectivity index (χ4v) is 0.803. The van der Waals surface area contributed by atoms with Crippen LogP contribution in [0.1, 0.15) is 32.6 Å². The topological polar surface area (TPSA) is 41.5 Å². The molecule has 0 aromatic rings. The zero-order valence-electron chi connectivity index (χ0n) is 7.05. The molecule has 0 spiro atoms. The summed E-state index contributed by atoms with van der Waals surface area (Å²) in [4.78, 5) is 9.55. The SMILES string of the molecule is CCCCC/C=C/CNN=O.